The van der Waals surface area contributed by atoms with Gasteiger partial charge in [-0.25, -0.2) is 23.0 Å². The molecular formula is C36H37F3N4O10S. The molecule has 14 nitrogen and oxygen atoms in total. The number of rotatable bonds is 10. The van der Waals surface area contributed by atoms with Crippen LogP contribution in [0.25, 0.3) is 10.8 Å². The highest BCUT2D eigenvalue weighted by Gasteiger charge is 2.45. The maximum atomic E-state index is 14.8. The molecule has 0 radical (unpaired) electrons. The number of nitrogens with two attached hydrogens (primary N) is 1. The number of hydrogen-bond donors (Lipinski definition) is 1. The van der Waals surface area contributed by atoms with Gasteiger partial charge in [0.25, 0.3) is 5.91 Å². The zero-order valence-electron chi connectivity index (χ0n) is 29.7. The lowest BCUT2D eigenvalue weighted by Crippen LogP contribution is -2.39. The van der Waals surface area contributed by atoms with E-state index in [0.29, 0.717) is 40.1 Å². The number of carbonyl (C=O) groups excluding carboxylic acids is 3. The van der Waals surface area contributed by atoms with Gasteiger partial charge in [0.05, 0.1) is 43.2 Å². The Bertz CT molecular complexity index is 2180. The van der Waals surface area contributed by atoms with Crippen molar-refractivity contribution in [3.63, 3.8) is 0 Å². The Kier molecular flexibility index (Phi) is 11.4. The summed E-state index contributed by atoms with van der Waals surface area (Å²) < 4.78 is 88.9. The van der Waals surface area contributed by atoms with E-state index in [1.807, 2.05) is 0 Å². The molecule has 0 spiro atoms. The monoisotopic (exact) mass is 774 g/mol. The van der Waals surface area contributed by atoms with Crippen LogP contribution in [0.3, 0.4) is 0 Å². The van der Waals surface area contributed by atoms with E-state index in [1.54, 1.807) is 42.5 Å². The maximum Gasteiger partial charge on any atom is 0.493 e. The van der Waals surface area contributed by atoms with Gasteiger partial charge in [0.2, 0.25) is 6.10 Å². The average Bonchev–Trinajstić information content (AvgIpc) is 3.64. The molecule has 0 bridgehead atoms. The van der Waals surface area contributed by atoms with Crippen LogP contribution in [-0.4, -0.2) is 75.6 Å². The number of amides is 2. The van der Waals surface area contributed by atoms with E-state index >= 15 is 0 Å². The molecule has 288 valence electrons. The van der Waals surface area contributed by atoms with E-state index in [1.165, 1.54) is 39.2 Å². The second kappa shape index (κ2) is 15.7. The van der Waals surface area contributed by atoms with Gasteiger partial charge in [-0.05, 0) is 92.2 Å². The van der Waals surface area contributed by atoms with Crippen molar-refractivity contribution in [2.45, 2.75) is 55.2 Å². The minimum Gasteiger partial charge on any atom is -0.493 e. The highest BCUT2D eigenvalue weighted by Crippen LogP contribution is 2.42. The number of aromatic nitrogens is 1. The molecule has 2 heterocycles. The van der Waals surface area contributed by atoms with Crippen molar-refractivity contribution in [1.82, 2.24) is 9.88 Å². The van der Waals surface area contributed by atoms with Crippen LogP contribution in [0, 0.1) is 0 Å². The number of anilines is 2. The van der Waals surface area contributed by atoms with Gasteiger partial charge < -0.3 is 34.4 Å². The van der Waals surface area contributed by atoms with Gasteiger partial charge in [-0.1, -0.05) is 6.07 Å². The number of nitrogens with zero attached hydrogens (tertiary/aromatic N) is 3. The van der Waals surface area contributed by atoms with Crippen LogP contribution in [0.4, 0.5) is 29.5 Å². The van der Waals surface area contributed by atoms with Gasteiger partial charge in [0, 0.05) is 23.7 Å². The molecular weight excluding hydrogens is 737 g/mol. The number of alkyl halides is 3. The van der Waals surface area contributed by atoms with E-state index in [0.717, 1.165) is 25.3 Å². The number of benzene rings is 3. The second-order valence-electron chi connectivity index (χ2n) is 12.3. The first-order valence-electron chi connectivity index (χ1n) is 16.4. The van der Waals surface area contributed by atoms with Crippen molar-refractivity contribution in [3.8, 4) is 17.2 Å². The molecule has 1 aliphatic rings. The van der Waals surface area contributed by atoms with Crippen LogP contribution in [0.15, 0.2) is 71.8 Å². The predicted molar refractivity (Wildman–Crippen MR) is 189 cm³/mol. The van der Waals surface area contributed by atoms with Crippen LogP contribution >= 0.6 is 0 Å². The summed E-state index contributed by atoms with van der Waals surface area (Å²) in [5, 5.41) is 0.329. The Morgan fingerprint density at radius 1 is 0.963 bits per heavy atom. The Morgan fingerprint density at radius 3 is 2.33 bits per heavy atom. The minimum absolute atomic E-state index is 0.0379. The van der Waals surface area contributed by atoms with Crippen molar-refractivity contribution >= 4 is 50.1 Å². The number of sulfone groups is 1. The summed E-state index contributed by atoms with van der Waals surface area (Å²) in [5.74, 6) is -2.09. The molecule has 1 aromatic heterocycles. The number of nitrogen functional groups attached to an aromatic ring is 1. The van der Waals surface area contributed by atoms with Crippen LogP contribution in [0.1, 0.15) is 50.0 Å². The number of fused-ring (bicyclic) bond motifs is 1. The van der Waals surface area contributed by atoms with Crippen molar-refractivity contribution in [3.05, 3.63) is 78.0 Å². The first-order chi connectivity index (χ1) is 25.5. The fourth-order valence-electron chi connectivity index (χ4n) is 6.02. The average molecular weight is 775 g/mol. The highest BCUT2D eigenvalue weighted by atomic mass is 32.2. The van der Waals surface area contributed by atoms with Crippen molar-refractivity contribution in [2.75, 3.05) is 38.7 Å². The third-order valence-electron chi connectivity index (χ3n) is 8.75. The topological polar surface area (TPSA) is 177 Å². The van der Waals surface area contributed by atoms with Crippen LogP contribution in [-0.2, 0) is 29.0 Å². The van der Waals surface area contributed by atoms with Gasteiger partial charge in [0.15, 0.2) is 21.3 Å². The van der Waals surface area contributed by atoms with Gasteiger partial charge in [-0.3, -0.25) is 4.79 Å². The van der Waals surface area contributed by atoms with Crippen LogP contribution in [0.5, 0.6) is 17.2 Å². The fourth-order valence-corrected chi connectivity index (χ4v) is 7.31. The van der Waals surface area contributed by atoms with Gasteiger partial charge in [-0.15, -0.1) is 5.06 Å². The Labute approximate surface area is 308 Å². The first kappa shape index (κ1) is 39.4. The molecule has 18 heteroatoms. The number of ether oxygens (including phenoxy) is 4. The van der Waals surface area contributed by atoms with Gasteiger partial charge in [-0.2, -0.15) is 13.2 Å². The molecule has 5 rings (SSSR count). The number of likely N-dealkylation sites (tertiary alicyclic amines) is 1. The van der Waals surface area contributed by atoms with Gasteiger partial charge in [0.1, 0.15) is 11.6 Å². The van der Waals surface area contributed by atoms with Gasteiger partial charge >= 0.3 is 18.2 Å². The van der Waals surface area contributed by atoms with E-state index in [4.69, 9.17) is 19.9 Å². The molecule has 0 saturated carbocycles. The molecule has 1 fully saturated rings. The third kappa shape index (κ3) is 7.92. The summed E-state index contributed by atoms with van der Waals surface area (Å²) in [7, 11) is -0.389. The molecule has 3 aromatic carbocycles. The lowest BCUT2D eigenvalue weighted by atomic mass is 10.0. The predicted octanol–water partition coefficient (Wildman–Crippen LogP) is 6.09. The molecule has 4 aromatic rings. The summed E-state index contributed by atoms with van der Waals surface area (Å²) in [5.41, 5.74) is 5.88. The molecule has 1 saturated heterocycles. The number of hydroxylamine groups is 1. The van der Waals surface area contributed by atoms with Crippen molar-refractivity contribution in [1.29, 1.82) is 0 Å². The van der Waals surface area contributed by atoms with Crippen molar-refractivity contribution < 1.29 is 59.8 Å². The quantitative estimate of drug-likeness (QED) is 0.184. The molecule has 2 atom stereocenters. The Morgan fingerprint density at radius 2 is 1.69 bits per heavy atom. The summed E-state index contributed by atoms with van der Waals surface area (Å²) >= 11 is 0. The number of carbonyl (C=O) groups is 3. The number of halogens is 3. The fraction of sp³-hybridized carbons (Fsp3) is 0.333. The van der Waals surface area contributed by atoms with E-state index < -0.39 is 57.1 Å². The lowest BCUT2D eigenvalue weighted by Gasteiger charge is -2.31. The Balaban J connectivity index is 1.64. The summed E-state index contributed by atoms with van der Waals surface area (Å²) in [4.78, 5) is 48.8. The molecule has 2 unspecified atom stereocenters. The maximum absolute atomic E-state index is 14.8. The molecule has 1 aliphatic heterocycles. The number of hydrogen-bond acceptors (Lipinski definition) is 12. The molecule has 0 aliphatic carbocycles. The van der Waals surface area contributed by atoms with Crippen LogP contribution < -0.4 is 25.0 Å². The standard InChI is InChI=1S/C36H37F3N4O10S/c1-20(2)54(47,48)30-13-9-23(43(35(46)51-5)53-34(45)36(37,38)39)19-26(30)27-7-6-16-42(27)33(44)31(22-8-12-28(49-3)29(18-22)50-4)52-24-10-11-25-21(17-24)14-15-41-32(25)40/h8-15,17-20,27,31H,6-7,16H2,1-5H3,(H2,40,41). The summed E-state index contributed by atoms with van der Waals surface area (Å²) in [6.07, 6.45) is -6.24. The summed E-state index contributed by atoms with van der Waals surface area (Å²) in [6.45, 7) is 2.99. The Hall–Kier alpha value is -5.78. The lowest BCUT2D eigenvalue weighted by molar-refractivity contribution is -0.200. The van der Waals surface area contributed by atoms with E-state index in [9.17, 15) is 36.0 Å². The third-order valence-corrected chi connectivity index (χ3v) is 11.0. The van der Waals surface area contributed by atoms with E-state index in [-0.39, 0.29) is 34.2 Å². The SMILES string of the molecule is COC(=O)N(OC(=O)C(F)(F)F)c1ccc(S(=O)(=O)C(C)C)c(C2CCCN2C(=O)C(Oc2ccc3c(N)nccc3c2)c2ccc(OC)c(OC)c2)c1. The zero-order chi connectivity index (χ0) is 39.5. The van der Waals surface area contributed by atoms with Crippen LogP contribution in [0.2, 0.25) is 0 Å². The second-order valence-corrected chi connectivity index (χ2v) is 14.8. The molecule has 54 heavy (non-hydrogen) atoms. The molecule has 2 amide bonds. The highest BCUT2D eigenvalue weighted by molar-refractivity contribution is 7.92. The number of methoxy groups -OCH3 is 3. The summed E-state index contributed by atoms with van der Waals surface area (Å²) in [6, 6.07) is 13.6. The normalized spacial score (nSPS) is 15.1. The minimum atomic E-state index is -5.49. The zero-order valence-corrected chi connectivity index (χ0v) is 30.6. The number of pyridine rings is 1. The largest absolute Gasteiger partial charge is 0.493 e. The smallest absolute Gasteiger partial charge is 0.493 e. The molecule has 2 N–H and O–H groups in total. The van der Waals surface area contributed by atoms with E-state index in [2.05, 4.69) is 14.6 Å². The first-order valence-corrected chi connectivity index (χ1v) is 17.9. The van der Waals surface area contributed by atoms with Crippen molar-refractivity contribution in [2.24, 2.45) is 0 Å².